The van der Waals surface area contributed by atoms with Crippen LogP contribution < -0.4 is 5.50 Å². The van der Waals surface area contributed by atoms with Crippen molar-refractivity contribution >= 4 is 7.59 Å². The summed E-state index contributed by atoms with van der Waals surface area (Å²) in [6, 6.07) is 20.1. The first-order valence-corrected chi connectivity index (χ1v) is 9.73. The number of hydrogen-bond acceptors (Lipinski definition) is 1. The fourth-order valence-corrected chi connectivity index (χ4v) is 4.55. The Labute approximate surface area is 139 Å². The van der Waals surface area contributed by atoms with Crippen molar-refractivity contribution in [2.75, 3.05) is 13.1 Å². The lowest BCUT2D eigenvalue weighted by Gasteiger charge is -2.35. The maximum atomic E-state index is 13.3. The van der Waals surface area contributed by atoms with Gasteiger partial charge in [0.05, 0.1) is 0 Å². The molecule has 1 atom stereocenters. The highest BCUT2D eigenvalue weighted by Gasteiger charge is 2.31. The smallest absolute Gasteiger partial charge is 0.271 e. The van der Waals surface area contributed by atoms with E-state index in [1.165, 1.54) is 0 Å². The summed E-state index contributed by atoms with van der Waals surface area (Å²) in [7, 11) is -3.08. The summed E-state index contributed by atoms with van der Waals surface area (Å²) in [6.07, 6.45) is 0. The van der Waals surface area contributed by atoms with Gasteiger partial charge in [0.2, 0.25) is 0 Å². The van der Waals surface area contributed by atoms with Crippen LogP contribution in [0, 0.1) is 0 Å². The van der Waals surface area contributed by atoms with Gasteiger partial charge in [0, 0.05) is 26.2 Å². The first-order valence-electron chi connectivity index (χ1n) is 8.05. The van der Waals surface area contributed by atoms with Gasteiger partial charge in [-0.05, 0) is 11.1 Å². The summed E-state index contributed by atoms with van der Waals surface area (Å²) in [4.78, 5) is 0. The lowest BCUT2D eigenvalue weighted by Crippen LogP contribution is -2.35. The van der Waals surface area contributed by atoms with E-state index in [1.807, 2.05) is 83.9 Å². The number of hydrogen-bond donors (Lipinski definition) is 1. The third-order valence-electron chi connectivity index (χ3n) is 3.96. The topological polar surface area (TPSA) is 49.6 Å². The second kappa shape index (κ2) is 8.42. The predicted molar refractivity (Wildman–Crippen MR) is 96.8 cm³/mol. The van der Waals surface area contributed by atoms with Crippen molar-refractivity contribution in [1.29, 1.82) is 0 Å². The molecular weight excluding hydrogens is 305 g/mol. The Bertz CT molecular complexity index is 588. The number of rotatable bonds is 8. The van der Waals surface area contributed by atoms with E-state index in [2.05, 4.69) is 0 Å². The van der Waals surface area contributed by atoms with E-state index in [-0.39, 0.29) is 0 Å². The maximum absolute atomic E-state index is 13.3. The molecular formula is C18H26N3OP. The van der Waals surface area contributed by atoms with Crippen molar-refractivity contribution in [2.24, 2.45) is 5.50 Å². The van der Waals surface area contributed by atoms with Gasteiger partial charge in [0.25, 0.3) is 7.59 Å². The zero-order valence-electron chi connectivity index (χ0n) is 13.9. The maximum Gasteiger partial charge on any atom is 0.282 e. The Morgan fingerprint density at radius 3 is 1.52 bits per heavy atom. The molecule has 2 aromatic rings. The summed E-state index contributed by atoms with van der Waals surface area (Å²) >= 11 is 0. The van der Waals surface area contributed by atoms with Crippen LogP contribution in [0.15, 0.2) is 60.7 Å². The Kier molecular flexibility index (Phi) is 6.55. The van der Waals surface area contributed by atoms with Gasteiger partial charge in [-0.2, -0.15) is 0 Å². The van der Waals surface area contributed by atoms with E-state index in [9.17, 15) is 4.57 Å². The minimum Gasteiger partial charge on any atom is -0.271 e. The second-order valence-corrected chi connectivity index (χ2v) is 7.83. The summed E-state index contributed by atoms with van der Waals surface area (Å²) < 4.78 is 17.1. The molecule has 2 rings (SSSR count). The van der Waals surface area contributed by atoms with Gasteiger partial charge >= 0.3 is 0 Å². The van der Waals surface area contributed by atoms with E-state index in [0.29, 0.717) is 26.2 Å². The molecule has 4 nitrogen and oxygen atoms in total. The van der Waals surface area contributed by atoms with Crippen LogP contribution in [0.25, 0.3) is 0 Å². The normalized spacial score (nSPS) is 14.1. The molecule has 0 aliphatic heterocycles. The molecule has 0 amide bonds. The zero-order chi connectivity index (χ0) is 16.7. The van der Waals surface area contributed by atoms with Gasteiger partial charge in [0.15, 0.2) is 0 Å². The van der Waals surface area contributed by atoms with E-state index < -0.39 is 7.59 Å². The van der Waals surface area contributed by atoms with Crippen LogP contribution in [0.5, 0.6) is 0 Å². The lowest BCUT2D eigenvalue weighted by molar-refractivity contribution is 0.334. The third kappa shape index (κ3) is 4.76. The van der Waals surface area contributed by atoms with E-state index >= 15 is 0 Å². The largest absolute Gasteiger partial charge is 0.282 e. The Morgan fingerprint density at radius 2 is 1.17 bits per heavy atom. The molecule has 0 fully saturated rings. The zero-order valence-corrected chi connectivity index (χ0v) is 14.8. The average Bonchev–Trinajstić information content (AvgIpc) is 2.57. The molecule has 0 heterocycles. The highest BCUT2D eigenvalue weighted by Crippen LogP contribution is 2.46. The van der Waals surface area contributed by atoms with Gasteiger partial charge in [-0.15, -0.1) is 0 Å². The van der Waals surface area contributed by atoms with E-state index in [1.54, 1.807) is 0 Å². The molecule has 0 spiro atoms. The molecule has 0 saturated heterocycles. The number of benzene rings is 2. The van der Waals surface area contributed by atoms with Crippen LogP contribution >= 0.6 is 7.59 Å². The molecule has 2 N–H and O–H groups in total. The van der Waals surface area contributed by atoms with Crippen LogP contribution in [0.2, 0.25) is 0 Å². The van der Waals surface area contributed by atoms with Gasteiger partial charge in [-0.1, -0.05) is 74.5 Å². The minimum absolute atomic E-state index is 0.569. The molecule has 23 heavy (non-hydrogen) atoms. The molecule has 0 bridgehead atoms. The van der Waals surface area contributed by atoms with Crippen LogP contribution in [0.4, 0.5) is 0 Å². The van der Waals surface area contributed by atoms with Crippen molar-refractivity contribution in [3.8, 4) is 0 Å². The molecule has 0 radical (unpaired) electrons. The predicted octanol–water partition coefficient (Wildman–Crippen LogP) is 4.10. The van der Waals surface area contributed by atoms with Gasteiger partial charge in [0.1, 0.15) is 0 Å². The van der Waals surface area contributed by atoms with Gasteiger partial charge in [-0.25, -0.2) is 9.34 Å². The van der Waals surface area contributed by atoms with Crippen LogP contribution in [0.1, 0.15) is 25.0 Å². The molecule has 124 valence electrons. The highest BCUT2D eigenvalue weighted by molar-refractivity contribution is 7.56. The molecule has 1 unspecified atom stereocenters. The molecule has 0 aliphatic rings. The quantitative estimate of drug-likeness (QED) is 0.740. The molecule has 2 aromatic carbocycles. The second-order valence-electron chi connectivity index (χ2n) is 5.52. The first kappa shape index (κ1) is 17.9. The van der Waals surface area contributed by atoms with Crippen LogP contribution in [0.3, 0.4) is 0 Å². The van der Waals surface area contributed by atoms with Gasteiger partial charge in [-0.3, -0.25) is 10.1 Å². The summed E-state index contributed by atoms with van der Waals surface area (Å²) in [5.41, 5.74) is 8.55. The monoisotopic (exact) mass is 331 g/mol. The fourth-order valence-electron chi connectivity index (χ4n) is 2.65. The first-order chi connectivity index (χ1) is 11.1. The number of nitrogens with zero attached hydrogens (tertiary/aromatic N) is 2. The Hall–Kier alpha value is -1.45. The fraction of sp³-hybridized carbons (Fsp3) is 0.333. The van der Waals surface area contributed by atoms with Crippen LogP contribution in [-0.2, 0) is 17.7 Å². The average molecular weight is 331 g/mol. The van der Waals surface area contributed by atoms with Crippen molar-refractivity contribution in [3.05, 3.63) is 71.8 Å². The van der Waals surface area contributed by atoms with Crippen molar-refractivity contribution in [2.45, 2.75) is 26.9 Å². The van der Waals surface area contributed by atoms with Crippen LogP contribution in [-0.4, -0.2) is 22.4 Å². The molecule has 0 aliphatic carbocycles. The van der Waals surface area contributed by atoms with Crippen molar-refractivity contribution in [3.63, 3.8) is 0 Å². The Balaban J connectivity index is 2.28. The van der Waals surface area contributed by atoms with E-state index in [4.69, 9.17) is 5.50 Å². The van der Waals surface area contributed by atoms with Crippen molar-refractivity contribution < 1.29 is 4.57 Å². The lowest BCUT2D eigenvalue weighted by atomic mass is 10.2. The standard InChI is InChI=1S/C18H26N3OP/c1-3-20(4-2)23(19,22)21(15-17-11-7-5-8-12-17)16-18-13-9-6-10-14-18/h5-14H,3-4,15-16H2,1-2H3,(H2,19,22). The molecule has 0 saturated carbocycles. The molecule has 0 aromatic heterocycles. The SMILES string of the molecule is CCN(CC)P(N)(=O)N(Cc1ccccc1)Cc1ccccc1. The van der Waals surface area contributed by atoms with Crippen molar-refractivity contribution in [1.82, 2.24) is 9.34 Å². The number of nitrogens with two attached hydrogens (primary N) is 1. The van der Waals surface area contributed by atoms with E-state index in [0.717, 1.165) is 11.1 Å². The highest BCUT2D eigenvalue weighted by atomic mass is 31.2. The summed E-state index contributed by atoms with van der Waals surface area (Å²) in [5, 5.41) is 0. The minimum atomic E-state index is -3.08. The van der Waals surface area contributed by atoms with Gasteiger partial charge < -0.3 is 0 Å². The summed E-state index contributed by atoms with van der Waals surface area (Å²) in [6.45, 7) is 6.47. The Morgan fingerprint density at radius 1 is 0.783 bits per heavy atom. The molecule has 5 heteroatoms. The summed E-state index contributed by atoms with van der Waals surface area (Å²) in [5.74, 6) is 0. The third-order valence-corrected chi connectivity index (χ3v) is 6.43.